The van der Waals surface area contributed by atoms with Crippen molar-refractivity contribution in [2.24, 2.45) is 0 Å². The fraction of sp³-hybridized carbons (Fsp3) is 0.444. The number of ether oxygens (including phenoxy) is 1. The summed E-state index contributed by atoms with van der Waals surface area (Å²) in [6, 6.07) is 6.08. The Morgan fingerprint density at radius 1 is 1.26 bits per heavy atom. The van der Waals surface area contributed by atoms with E-state index in [2.05, 4.69) is 5.16 Å². The Morgan fingerprint density at radius 2 is 2.07 bits per heavy atom. The highest BCUT2D eigenvalue weighted by Crippen LogP contribution is 2.39. The molecule has 144 valence electrons. The van der Waals surface area contributed by atoms with E-state index in [1.807, 2.05) is 6.92 Å². The molecule has 27 heavy (non-hydrogen) atoms. The summed E-state index contributed by atoms with van der Waals surface area (Å²) in [7, 11) is -3.74. The molecule has 0 N–H and O–H groups in total. The molecule has 0 saturated carbocycles. The molecule has 1 fully saturated rings. The fourth-order valence-corrected chi connectivity index (χ4v) is 5.36. The lowest BCUT2D eigenvalue weighted by Crippen LogP contribution is -2.36. The fourth-order valence-electron chi connectivity index (χ4n) is 3.68. The summed E-state index contributed by atoms with van der Waals surface area (Å²) in [6.07, 6.45) is 1.44. The lowest BCUT2D eigenvalue weighted by molar-refractivity contribution is -0.116. The maximum atomic E-state index is 13.3. The minimum Gasteiger partial charge on any atom is -0.489 e. The van der Waals surface area contributed by atoms with Gasteiger partial charge >= 0.3 is 0 Å². The largest absolute Gasteiger partial charge is 0.489 e. The first-order valence-electron chi connectivity index (χ1n) is 8.88. The number of benzene rings is 1. The first kappa shape index (κ1) is 18.0. The minimum absolute atomic E-state index is 0.101. The molecule has 4 rings (SSSR count). The topological polar surface area (TPSA) is 93.0 Å². The smallest absolute Gasteiger partial charge is 0.243 e. The van der Waals surface area contributed by atoms with Crippen LogP contribution >= 0.6 is 0 Å². The lowest BCUT2D eigenvalue weighted by atomic mass is 10.2. The molecular weight excluding hydrogens is 370 g/mol. The zero-order chi connectivity index (χ0) is 19.2. The van der Waals surface area contributed by atoms with Gasteiger partial charge in [0, 0.05) is 25.6 Å². The molecule has 0 bridgehead atoms. The van der Waals surface area contributed by atoms with E-state index in [1.54, 1.807) is 17.0 Å². The molecular formula is C18H21N3O5S. The van der Waals surface area contributed by atoms with E-state index in [0.717, 1.165) is 12.1 Å². The number of carbonyl (C=O) groups excluding carboxylic acids is 1. The van der Waals surface area contributed by atoms with Gasteiger partial charge in [-0.3, -0.25) is 4.79 Å². The first-order chi connectivity index (χ1) is 12.9. The van der Waals surface area contributed by atoms with Gasteiger partial charge in [-0.25, -0.2) is 8.42 Å². The predicted octanol–water partition coefficient (Wildman–Crippen LogP) is 2.25. The highest BCUT2D eigenvalue weighted by atomic mass is 32.2. The lowest BCUT2D eigenvalue weighted by Gasteiger charge is -2.29. The van der Waals surface area contributed by atoms with E-state index in [1.165, 1.54) is 23.4 Å². The number of anilines is 1. The Morgan fingerprint density at radius 3 is 2.78 bits per heavy atom. The van der Waals surface area contributed by atoms with Crippen molar-refractivity contribution in [3.8, 4) is 5.75 Å². The van der Waals surface area contributed by atoms with E-state index in [9.17, 15) is 13.2 Å². The molecule has 3 heterocycles. The summed E-state index contributed by atoms with van der Waals surface area (Å²) < 4.78 is 38.9. The Bertz CT molecular complexity index is 985. The number of nitrogens with zero attached hydrogens (tertiary/aromatic N) is 3. The van der Waals surface area contributed by atoms with Crippen molar-refractivity contribution in [3.05, 3.63) is 35.7 Å². The molecule has 1 atom stereocenters. The second-order valence-corrected chi connectivity index (χ2v) is 8.68. The minimum atomic E-state index is -3.74. The summed E-state index contributed by atoms with van der Waals surface area (Å²) in [5.74, 6) is 0.866. The van der Waals surface area contributed by atoms with Crippen LogP contribution in [0.2, 0.25) is 0 Å². The Balaban J connectivity index is 1.69. The number of carbonyl (C=O) groups is 1. The maximum absolute atomic E-state index is 13.3. The van der Waals surface area contributed by atoms with Gasteiger partial charge in [-0.15, -0.1) is 0 Å². The summed E-state index contributed by atoms with van der Waals surface area (Å²) in [6.45, 7) is 4.49. The van der Waals surface area contributed by atoms with E-state index in [0.29, 0.717) is 43.3 Å². The van der Waals surface area contributed by atoms with E-state index in [-0.39, 0.29) is 16.8 Å². The summed E-state index contributed by atoms with van der Waals surface area (Å²) in [4.78, 5) is 13.5. The quantitative estimate of drug-likeness (QED) is 0.797. The van der Waals surface area contributed by atoms with Gasteiger partial charge in [0.25, 0.3) is 0 Å². The molecule has 1 amide bonds. The SMILES string of the molecule is CC(=O)N1CCOc2cc(S(=O)(=O)N3CCCC3c3cc(C)no3)ccc21. The van der Waals surface area contributed by atoms with Crippen molar-refractivity contribution in [1.29, 1.82) is 0 Å². The van der Waals surface area contributed by atoms with Crippen molar-refractivity contribution in [1.82, 2.24) is 9.46 Å². The summed E-state index contributed by atoms with van der Waals surface area (Å²) in [5.41, 5.74) is 1.32. The van der Waals surface area contributed by atoms with Gasteiger partial charge < -0.3 is 14.2 Å². The number of sulfonamides is 1. The van der Waals surface area contributed by atoms with Gasteiger partial charge in [-0.1, -0.05) is 5.16 Å². The van der Waals surface area contributed by atoms with Gasteiger partial charge in [0.05, 0.1) is 28.9 Å². The molecule has 1 aromatic heterocycles. The van der Waals surface area contributed by atoms with Crippen LogP contribution in [0.15, 0.2) is 33.7 Å². The summed E-state index contributed by atoms with van der Waals surface area (Å²) in [5, 5.41) is 3.88. The molecule has 0 aliphatic carbocycles. The molecule has 0 spiro atoms. The second kappa shape index (κ2) is 6.65. The average Bonchev–Trinajstić information content (AvgIpc) is 3.29. The molecule has 8 nitrogen and oxygen atoms in total. The Kier molecular flexibility index (Phi) is 4.43. The number of fused-ring (bicyclic) bond motifs is 1. The monoisotopic (exact) mass is 391 g/mol. The Hall–Kier alpha value is -2.39. The molecule has 2 aliphatic rings. The van der Waals surface area contributed by atoms with Crippen LogP contribution in [-0.2, 0) is 14.8 Å². The van der Waals surface area contributed by atoms with Crippen LogP contribution in [0.3, 0.4) is 0 Å². The predicted molar refractivity (Wildman–Crippen MR) is 97.1 cm³/mol. The van der Waals surface area contributed by atoms with Crippen LogP contribution in [0, 0.1) is 6.92 Å². The van der Waals surface area contributed by atoms with Crippen molar-refractivity contribution in [2.45, 2.75) is 37.6 Å². The van der Waals surface area contributed by atoms with Gasteiger partial charge in [-0.2, -0.15) is 4.31 Å². The highest BCUT2D eigenvalue weighted by Gasteiger charge is 2.39. The Labute approximate surface area is 157 Å². The van der Waals surface area contributed by atoms with Crippen molar-refractivity contribution < 1.29 is 22.5 Å². The molecule has 9 heteroatoms. The third kappa shape index (κ3) is 3.10. The van der Waals surface area contributed by atoms with Crippen molar-refractivity contribution in [2.75, 3.05) is 24.6 Å². The van der Waals surface area contributed by atoms with E-state index in [4.69, 9.17) is 9.26 Å². The van der Waals surface area contributed by atoms with Gasteiger partial charge in [0.1, 0.15) is 12.4 Å². The molecule has 1 saturated heterocycles. The summed E-state index contributed by atoms with van der Waals surface area (Å²) >= 11 is 0. The third-order valence-corrected chi connectivity index (χ3v) is 6.86. The second-order valence-electron chi connectivity index (χ2n) is 6.79. The number of aromatic nitrogens is 1. The maximum Gasteiger partial charge on any atom is 0.243 e. The van der Waals surface area contributed by atoms with Gasteiger partial charge in [0.2, 0.25) is 15.9 Å². The molecule has 1 unspecified atom stereocenters. The van der Waals surface area contributed by atoms with E-state index < -0.39 is 10.0 Å². The highest BCUT2D eigenvalue weighted by molar-refractivity contribution is 7.89. The normalized spacial score (nSPS) is 20.4. The van der Waals surface area contributed by atoms with Crippen molar-refractivity contribution in [3.63, 3.8) is 0 Å². The van der Waals surface area contributed by atoms with Crippen molar-refractivity contribution >= 4 is 21.6 Å². The number of hydrogen-bond acceptors (Lipinski definition) is 6. The first-order valence-corrected chi connectivity index (χ1v) is 10.3. The number of hydrogen-bond donors (Lipinski definition) is 0. The van der Waals surface area contributed by atoms with Crippen LogP contribution in [0.1, 0.15) is 37.3 Å². The molecule has 2 aliphatic heterocycles. The average molecular weight is 391 g/mol. The standard InChI is InChI=1S/C18H21N3O5S/c1-12-10-18(26-19-12)16-4-3-7-21(16)27(23,24)14-5-6-15-17(11-14)25-9-8-20(15)13(2)22/h5-6,10-11,16H,3-4,7-9H2,1-2H3. The van der Waals surface area contributed by atoms with Gasteiger partial charge in [0.15, 0.2) is 5.76 Å². The third-order valence-electron chi connectivity index (χ3n) is 4.96. The van der Waals surface area contributed by atoms with Crippen LogP contribution in [0.4, 0.5) is 5.69 Å². The van der Waals surface area contributed by atoms with Gasteiger partial charge in [-0.05, 0) is 31.9 Å². The molecule has 1 aromatic carbocycles. The van der Waals surface area contributed by atoms with Crippen LogP contribution in [-0.4, -0.2) is 43.5 Å². The zero-order valence-corrected chi connectivity index (χ0v) is 16.0. The van der Waals surface area contributed by atoms with Crippen LogP contribution < -0.4 is 9.64 Å². The zero-order valence-electron chi connectivity index (χ0n) is 15.2. The number of amides is 1. The van der Waals surface area contributed by atoms with E-state index >= 15 is 0 Å². The van der Waals surface area contributed by atoms with Crippen LogP contribution in [0.25, 0.3) is 0 Å². The van der Waals surface area contributed by atoms with Crippen LogP contribution in [0.5, 0.6) is 5.75 Å². The number of aryl methyl sites for hydroxylation is 1. The molecule has 0 radical (unpaired) electrons. The molecule has 2 aromatic rings. The number of rotatable bonds is 3.